The van der Waals surface area contributed by atoms with Gasteiger partial charge in [0.2, 0.25) is 5.91 Å². The number of carbonyl (C=O) groups is 1. The van der Waals surface area contributed by atoms with Gasteiger partial charge >= 0.3 is 0 Å². The molecule has 1 amide bonds. The van der Waals surface area contributed by atoms with Gasteiger partial charge in [-0.2, -0.15) is 5.10 Å². The van der Waals surface area contributed by atoms with Crippen molar-refractivity contribution in [3.05, 3.63) is 55.0 Å². The quantitative estimate of drug-likeness (QED) is 0.321. The molecule has 2 aliphatic heterocycles. The van der Waals surface area contributed by atoms with Crippen LogP contribution in [-0.4, -0.2) is 70.7 Å². The number of nitrogens with one attached hydrogen (secondary N) is 2. The van der Waals surface area contributed by atoms with Crippen molar-refractivity contribution >= 4 is 40.7 Å². The predicted molar refractivity (Wildman–Crippen MR) is 154 cm³/mol. The zero-order valence-corrected chi connectivity index (χ0v) is 22.9. The molecule has 0 aromatic carbocycles. The second-order valence-electron chi connectivity index (χ2n) is 10.4. The van der Waals surface area contributed by atoms with Crippen LogP contribution in [0.3, 0.4) is 0 Å². The van der Waals surface area contributed by atoms with Crippen LogP contribution >= 0.6 is 11.9 Å². The Morgan fingerprint density at radius 1 is 1.21 bits per heavy atom. The van der Waals surface area contributed by atoms with Crippen LogP contribution in [0.4, 0.5) is 11.5 Å². The lowest BCUT2D eigenvalue weighted by atomic mass is 10.00. The van der Waals surface area contributed by atoms with Crippen molar-refractivity contribution in [3.63, 3.8) is 0 Å². The average Bonchev–Trinajstić information content (AvgIpc) is 3.65. The van der Waals surface area contributed by atoms with Crippen molar-refractivity contribution in [1.29, 1.82) is 0 Å². The molecule has 0 radical (unpaired) electrons. The van der Waals surface area contributed by atoms with Gasteiger partial charge < -0.3 is 10.6 Å². The van der Waals surface area contributed by atoms with E-state index in [2.05, 4.69) is 37.5 Å². The first-order valence-corrected chi connectivity index (χ1v) is 14.1. The summed E-state index contributed by atoms with van der Waals surface area (Å²) in [5.74, 6) is 1.34. The van der Waals surface area contributed by atoms with Crippen molar-refractivity contribution in [3.8, 4) is 11.3 Å². The Hall–Kier alpha value is -3.77. The number of piperidine rings is 1. The number of rotatable bonds is 8. The van der Waals surface area contributed by atoms with Crippen LogP contribution in [-0.2, 0) is 11.3 Å². The van der Waals surface area contributed by atoms with E-state index in [1.165, 1.54) is 18.6 Å². The zero-order valence-electron chi connectivity index (χ0n) is 22.1. The molecule has 2 unspecified atom stereocenters. The molecule has 2 N–H and O–H groups in total. The van der Waals surface area contributed by atoms with Gasteiger partial charge in [-0.25, -0.2) is 14.4 Å². The molecule has 11 nitrogen and oxygen atoms in total. The van der Waals surface area contributed by atoms with Gasteiger partial charge in [0.05, 0.1) is 23.8 Å². The normalized spacial score (nSPS) is 19.8. The van der Waals surface area contributed by atoms with Gasteiger partial charge in [-0.3, -0.25) is 23.8 Å². The predicted octanol–water partition coefficient (Wildman–Crippen LogP) is 3.90. The largest absolute Gasteiger partial charge is 0.353 e. The summed E-state index contributed by atoms with van der Waals surface area (Å²) in [7, 11) is 0. The SMILES string of the molecule is Cc1cn2c(-c3cnn(CC(=O)Nc4ccncc4)c3)cnc2c(NC2CC(CN3CCCC(C)C3)=NS2)n1. The number of likely N-dealkylation sites (tertiary alicyclic amines) is 1. The van der Waals surface area contributed by atoms with Crippen molar-refractivity contribution < 1.29 is 4.79 Å². The minimum absolute atomic E-state index is 0.101. The van der Waals surface area contributed by atoms with E-state index in [1.807, 2.05) is 29.9 Å². The number of carbonyl (C=O) groups excluding carboxylic acids is 1. The van der Waals surface area contributed by atoms with E-state index in [4.69, 9.17) is 9.38 Å². The Morgan fingerprint density at radius 2 is 2.08 bits per heavy atom. The van der Waals surface area contributed by atoms with Gasteiger partial charge in [0.25, 0.3) is 0 Å². The number of nitrogens with zero attached hydrogens (tertiary/aromatic N) is 8. The standard InChI is InChI=1S/C27H32N10OS/c1-18-4-3-9-35(13-18)16-22-10-25(39-34-22)33-26-27-29-12-23(37(27)14-19(2)31-26)20-11-30-36(15-20)17-24(38)32-21-5-7-28-8-6-21/h5-8,11-12,14-15,18,25H,3-4,9-10,13,16-17H2,1-2H3,(H,31,33)(H,28,32,38). The summed E-state index contributed by atoms with van der Waals surface area (Å²) >= 11 is 1.58. The maximum atomic E-state index is 12.5. The highest BCUT2D eigenvalue weighted by Crippen LogP contribution is 2.30. The molecule has 12 heteroatoms. The van der Waals surface area contributed by atoms with Gasteiger partial charge in [0, 0.05) is 61.3 Å². The van der Waals surface area contributed by atoms with E-state index in [0.29, 0.717) is 5.69 Å². The molecule has 39 heavy (non-hydrogen) atoms. The van der Waals surface area contributed by atoms with Gasteiger partial charge in [-0.15, -0.1) is 0 Å². The van der Waals surface area contributed by atoms with Crippen molar-refractivity contribution in [1.82, 2.24) is 34.0 Å². The third kappa shape index (κ3) is 5.96. The number of aromatic nitrogens is 6. The van der Waals surface area contributed by atoms with Gasteiger partial charge in [0.1, 0.15) is 11.9 Å². The van der Waals surface area contributed by atoms with Crippen LogP contribution < -0.4 is 10.6 Å². The van der Waals surface area contributed by atoms with Gasteiger partial charge in [-0.05, 0) is 56.3 Å². The third-order valence-electron chi connectivity index (χ3n) is 6.99. The number of aryl methyl sites for hydroxylation is 1. The summed E-state index contributed by atoms with van der Waals surface area (Å²) in [6.07, 6.45) is 14.2. The third-order valence-corrected chi connectivity index (χ3v) is 7.89. The lowest BCUT2D eigenvalue weighted by Crippen LogP contribution is -2.38. The maximum Gasteiger partial charge on any atom is 0.246 e. The Kier molecular flexibility index (Phi) is 7.29. The molecular formula is C27H32N10OS. The number of amides is 1. The first-order chi connectivity index (χ1) is 19.0. The summed E-state index contributed by atoms with van der Waals surface area (Å²) in [6, 6.07) is 3.50. The van der Waals surface area contributed by atoms with Crippen LogP contribution in [0, 0.1) is 12.8 Å². The fourth-order valence-electron chi connectivity index (χ4n) is 5.22. The fourth-order valence-corrected chi connectivity index (χ4v) is 6.06. The fraction of sp³-hybridized carbons (Fsp3) is 0.407. The molecule has 0 saturated carbocycles. The minimum atomic E-state index is -0.161. The minimum Gasteiger partial charge on any atom is -0.353 e. The number of pyridine rings is 1. The summed E-state index contributed by atoms with van der Waals surface area (Å²) < 4.78 is 8.42. The number of imidazole rings is 1. The summed E-state index contributed by atoms with van der Waals surface area (Å²) in [4.78, 5) is 28.4. The lowest BCUT2D eigenvalue weighted by molar-refractivity contribution is -0.116. The molecule has 4 aromatic heterocycles. The van der Waals surface area contributed by atoms with E-state index in [9.17, 15) is 4.79 Å². The Balaban J connectivity index is 1.13. The molecule has 4 aromatic rings. The van der Waals surface area contributed by atoms with Crippen molar-refractivity contribution in [2.24, 2.45) is 10.3 Å². The number of fused-ring (bicyclic) bond motifs is 1. The first kappa shape index (κ1) is 25.5. The monoisotopic (exact) mass is 544 g/mol. The molecule has 2 atom stereocenters. The molecule has 0 bridgehead atoms. The highest BCUT2D eigenvalue weighted by molar-refractivity contribution is 7.99. The summed E-state index contributed by atoms with van der Waals surface area (Å²) in [5.41, 5.74) is 5.31. The zero-order chi connectivity index (χ0) is 26.8. The lowest BCUT2D eigenvalue weighted by Gasteiger charge is -2.30. The molecule has 6 rings (SSSR count). The van der Waals surface area contributed by atoms with Crippen LogP contribution in [0.1, 0.15) is 31.9 Å². The Morgan fingerprint density at radius 3 is 2.92 bits per heavy atom. The molecule has 1 fully saturated rings. The molecule has 1 saturated heterocycles. The van der Waals surface area contributed by atoms with E-state index in [-0.39, 0.29) is 17.8 Å². The molecule has 6 heterocycles. The topological polar surface area (TPSA) is 118 Å². The van der Waals surface area contributed by atoms with Crippen LogP contribution in [0.15, 0.2) is 53.7 Å². The summed E-state index contributed by atoms with van der Waals surface area (Å²) in [5, 5.41) is 11.0. The highest BCUT2D eigenvalue weighted by Gasteiger charge is 2.25. The number of anilines is 2. The second kappa shape index (κ2) is 11.1. The molecule has 2 aliphatic rings. The van der Waals surface area contributed by atoms with Crippen molar-refractivity contribution in [2.45, 2.75) is 45.0 Å². The van der Waals surface area contributed by atoms with Gasteiger partial charge in [0.15, 0.2) is 11.5 Å². The smallest absolute Gasteiger partial charge is 0.246 e. The van der Waals surface area contributed by atoms with Gasteiger partial charge in [-0.1, -0.05) is 6.92 Å². The van der Waals surface area contributed by atoms with Crippen LogP contribution in [0.5, 0.6) is 0 Å². The number of hydrogen-bond donors (Lipinski definition) is 2. The van der Waals surface area contributed by atoms with Crippen LogP contribution in [0.25, 0.3) is 16.9 Å². The Labute approximate surface area is 231 Å². The Bertz CT molecular complexity index is 1500. The van der Waals surface area contributed by atoms with E-state index >= 15 is 0 Å². The summed E-state index contributed by atoms with van der Waals surface area (Å²) in [6.45, 7) is 7.68. The average molecular weight is 545 g/mol. The maximum absolute atomic E-state index is 12.5. The van der Waals surface area contributed by atoms with Crippen molar-refractivity contribution in [2.75, 3.05) is 30.3 Å². The van der Waals surface area contributed by atoms with E-state index in [0.717, 1.165) is 60.4 Å². The van der Waals surface area contributed by atoms with E-state index < -0.39 is 0 Å². The molecule has 0 spiro atoms. The molecule has 202 valence electrons. The van der Waals surface area contributed by atoms with E-state index in [1.54, 1.807) is 47.4 Å². The molecular weight excluding hydrogens is 512 g/mol. The molecule has 0 aliphatic carbocycles. The second-order valence-corrected chi connectivity index (χ2v) is 11.3. The number of hydrogen-bond acceptors (Lipinski definition) is 9. The highest BCUT2D eigenvalue weighted by atomic mass is 32.2. The van der Waals surface area contributed by atoms with Crippen LogP contribution in [0.2, 0.25) is 0 Å². The first-order valence-electron chi connectivity index (χ1n) is 13.3.